The van der Waals surface area contributed by atoms with Crippen LogP contribution in [0.2, 0.25) is 0 Å². The molecule has 2 aliphatic rings. The van der Waals surface area contributed by atoms with Crippen molar-refractivity contribution >= 4 is 5.57 Å². The molecule has 1 atom stereocenters. The fourth-order valence-electron chi connectivity index (χ4n) is 5.90. The highest BCUT2D eigenvalue weighted by atomic mass is 15.0. The van der Waals surface area contributed by atoms with Gasteiger partial charge in [-0.05, 0) is 102 Å². The summed E-state index contributed by atoms with van der Waals surface area (Å²) in [6.07, 6.45) is 24.1. The standard InChI is InChI=1S/C18H22.C17H38N2.C3H8/c1-12-8-9-14-13(10-12)11-16-15(14)6-5-7-17(16)18(2,3)4;1-18(2)16-14-12-10-8-6-5-7-9-11-13-15-17-19(3)4;1-3-2/h5-6,8-10,17H,7,11H2,1-4H3;5-17H2,1-4H3;3H2,1-2H3. The van der Waals surface area contributed by atoms with Crippen molar-refractivity contribution in [3.63, 3.8) is 0 Å². The Balaban J connectivity index is 0.000000364. The van der Waals surface area contributed by atoms with E-state index in [1.165, 1.54) is 125 Å². The summed E-state index contributed by atoms with van der Waals surface area (Å²) in [5.41, 5.74) is 7.93. The number of aryl methyl sites for hydroxylation is 1. The summed E-state index contributed by atoms with van der Waals surface area (Å²) in [6.45, 7) is 16.1. The van der Waals surface area contributed by atoms with Crippen LogP contribution in [-0.4, -0.2) is 51.1 Å². The maximum absolute atomic E-state index is 2.37. The van der Waals surface area contributed by atoms with Crippen LogP contribution in [0, 0.1) is 18.3 Å². The smallest absolute Gasteiger partial charge is 0.00248 e. The Morgan fingerprint density at radius 2 is 1.18 bits per heavy atom. The van der Waals surface area contributed by atoms with Gasteiger partial charge in [0, 0.05) is 0 Å². The average molecular weight is 553 g/mol. The molecule has 0 fully saturated rings. The Kier molecular flexibility index (Phi) is 18.8. The normalized spacial score (nSPS) is 15.9. The second-order valence-corrected chi connectivity index (χ2v) is 14.0. The van der Waals surface area contributed by atoms with Crippen LogP contribution >= 0.6 is 0 Å². The zero-order valence-electron chi connectivity index (χ0n) is 28.7. The minimum Gasteiger partial charge on any atom is -0.309 e. The first-order valence-electron chi connectivity index (χ1n) is 16.8. The quantitative estimate of drug-likeness (QED) is 0.212. The minimum absolute atomic E-state index is 0.364. The van der Waals surface area contributed by atoms with Crippen molar-refractivity contribution < 1.29 is 0 Å². The monoisotopic (exact) mass is 553 g/mol. The fourth-order valence-corrected chi connectivity index (χ4v) is 5.90. The molecule has 0 amide bonds. The second kappa shape index (κ2) is 20.5. The molecule has 0 saturated heterocycles. The summed E-state index contributed by atoms with van der Waals surface area (Å²) < 4.78 is 0. The van der Waals surface area contributed by atoms with E-state index in [1.54, 1.807) is 5.57 Å². The lowest BCUT2D eigenvalue weighted by atomic mass is 9.71. The van der Waals surface area contributed by atoms with Gasteiger partial charge in [-0.15, -0.1) is 0 Å². The van der Waals surface area contributed by atoms with Gasteiger partial charge in [0.15, 0.2) is 0 Å². The maximum Gasteiger partial charge on any atom is -0.00248 e. The molecule has 230 valence electrons. The van der Waals surface area contributed by atoms with Crippen molar-refractivity contribution in [2.45, 2.75) is 131 Å². The number of hydrogen-bond acceptors (Lipinski definition) is 2. The molecule has 3 rings (SSSR count). The lowest BCUT2D eigenvalue weighted by molar-refractivity contribution is 0.278. The number of hydrogen-bond donors (Lipinski definition) is 0. The molecular weight excluding hydrogens is 484 g/mol. The first-order chi connectivity index (χ1) is 19.0. The predicted molar refractivity (Wildman–Crippen MR) is 182 cm³/mol. The highest BCUT2D eigenvalue weighted by Crippen LogP contribution is 2.47. The maximum atomic E-state index is 2.37. The molecule has 0 bridgehead atoms. The van der Waals surface area contributed by atoms with Gasteiger partial charge in [0.1, 0.15) is 0 Å². The number of unbranched alkanes of at least 4 members (excludes halogenated alkanes) is 10. The Hall–Kier alpha value is -1.38. The number of rotatable bonds is 14. The van der Waals surface area contributed by atoms with Gasteiger partial charge in [0.25, 0.3) is 0 Å². The molecule has 1 aromatic rings. The lowest BCUT2D eigenvalue weighted by Gasteiger charge is -2.33. The Bertz CT molecular complexity index is 835. The largest absolute Gasteiger partial charge is 0.309 e. The first-order valence-corrected chi connectivity index (χ1v) is 16.8. The van der Waals surface area contributed by atoms with Crippen LogP contribution in [0.1, 0.15) is 135 Å². The highest BCUT2D eigenvalue weighted by molar-refractivity contribution is 5.84. The van der Waals surface area contributed by atoms with Crippen molar-refractivity contribution in [3.05, 3.63) is 52.6 Å². The molecular formula is C38H68N2. The Morgan fingerprint density at radius 3 is 1.60 bits per heavy atom. The molecule has 0 radical (unpaired) electrons. The molecule has 0 aromatic heterocycles. The van der Waals surface area contributed by atoms with Gasteiger partial charge in [-0.2, -0.15) is 0 Å². The third-order valence-electron chi connectivity index (χ3n) is 8.11. The summed E-state index contributed by atoms with van der Waals surface area (Å²) in [4.78, 5) is 4.58. The van der Waals surface area contributed by atoms with Crippen molar-refractivity contribution in [1.82, 2.24) is 9.80 Å². The molecule has 1 aromatic carbocycles. The topological polar surface area (TPSA) is 6.48 Å². The summed E-state index contributed by atoms with van der Waals surface area (Å²) in [7, 11) is 8.66. The number of nitrogens with zero attached hydrogens (tertiary/aromatic N) is 2. The van der Waals surface area contributed by atoms with E-state index in [9.17, 15) is 0 Å². The zero-order chi connectivity index (χ0) is 30.0. The van der Waals surface area contributed by atoms with E-state index >= 15 is 0 Å². The van der Waals surface area contributed by atoms with Gasteiger partial charge >= 0.3 is 0 Å². The van der Waals surface area contributed by atoms with E-state index in [1.807, 2.05) is 0 Å². The van der Waals surface area contributed by atoms with Crippen LogP contribution < -0.4 is 0 Å². The van der Waals surface area contributed by atoms with E-state index in [2.05, 4.69) is 110 Å². The van der Waals surface area contributed by atoms with Crippen LogP contribution in [0.5, 0.6) is 0 Å². The molecule has 2 nitrogen and oxygen atoms in total. The van der Waals surface area contributed by atoms with Gasteiger partial charge in [-0.3, -0.25) is 0 Å². The van der Waals surface area contributed by atoms with Gasteiger partial charge in [-0.25, -0.2) is 0 Å². The number of allylic oxidation sites excluding steroid dienone is 4. The van der Waals surface area contributed by atoms with E-state index in [4.69, 9.17) is 0 Å². The van der Waals surface area contributed by atoms with Crippen LogP contribution in [0.3, 0.4) is 0 Å². The van der Waals surface area contributed by atoms with Crippen molar-refractivity contribution in [3.8, 4) is 0 Å². The molecule has 0 spiro atoms. The molecule has 0 aliphatic heterocycles. The summed E-state index contributed by atoms with van der Waals surface area (Å²) in [5, 5.41) is 0. The minimum atomic E-state index is 0.364. The lowest BCUT2D eigenvalue weighted by Crippen LogP contribution is -2.23. The van der Waals surface area contributed by atoms with Gasteiger partial charge in [0.05, 0.1) is 0 Å². The predicted octanol–water partition coefficient (Wildman–Crippen LogP) is 10.7. The van der Waals surface area contributed by atoms with Gasteiger partial charge in [0.2, 0.25) is 0 Å². The summed E-state index contributed by atoms with van der Waals surface area (Å²) >= 11 is 0. The van der Waals surface area contributed by atoms with E-state index in [-0.39, 0.29) is 0 Å². The number of benzene rings is 1. The first kappa shape index (κ1) is 36.6. The third kappa shape index (κ3) is 15.0. The van der Waals surface area contributed by atoms with Crippen LogP contribution in [0.4, 0.5) is 0 Å². The molecule has 1 unspecified atom stereocenters. The van der Waals surface area contributed by atoms with E-state index in [0.29, 0.717) is 11.3 Å². The summed E-state index contributed by atoms with van der Waals surface area (Å²) in [5.74, 6) is 0.699. The molecule has 0 saturated carbocycles. The third-order valence-corrected chi connectivity index (χ3v) is 8.11. The highest BCUT2D eigenvalue weighted by Gasteiger charge is 2.34. The molecule has 2 heteroatoms. The van der Waals surface area contributed by atoms with E-state index in [0.717, 1.165) is 0 Å². The van der Waals surface area contributed by atoms with Gasteiger partial charge in [-0.1, -0.05) is 140 Å². The van der Waals surface area contributed by atoms with Gasteiger partial charge < -0.3 is 9.80 Å². The molecule has 0 N–H and O–H groups in total. The molecule has 0 heterocycles. The van der Waals surface area contributed by atoms with Crippen molar-refractivity contribution in [2.75, 3.05) is 41.3 Å². The Morgan fingerprint density at radius 1 is 0.725 bits per heavy atom. The Labute approximate surface area is 251 Å². The van der Waals surface area contributed by atoms with Crippen LogP contribution in [0.25, 0.3) is 5.57 Å². The van der Waals surface area contributed by atoms with Crippen LogP contribution in [-0.2, 0) is 6.42 Å². The van der Waals surface area contributed by atoms with Crippen molar-refractivity contribution in [2.24, 2.45) is 11.3 Å². The molecule has 40 heavy (non-hydrogen) atoms. The van der Waals surface area contributed by atoms with Crippen molar-refractivity contribution in [1.29, 1.82) is 0 Å². The zero-order valence-corrected chi connectivity index (χ0v) is 28.7. The molecule has 2 aliphatic carbocycles. The fraction of sp³-hybridized carbons (Fsp3) is 0.737. The average Bonchev–Trinajstić information content (AvgIpc) is 3.24. The van der Waals surface area contributed by atoms with Crippen LogP contribution in [0.15, 0.2) is 35.9 Å². The van der Waals surface area contributed by atoms with E-state index < -0.39 is 0 Å². The summed E-state index contributed by atoms with van der Waals surface area (Å²) in [6, 6.07) is 6.91. The second-order valence-electron chi connectivity index (χ2n) is 14.0. The number of fused-ring (bicyclic) bond motifs is 2. The SMILES string of the molecule is CCC.CN(C)CCCCCCCCCCCCCN(C)C.Cc1ccc2c(c1)CC1=C2C=CCC1C(C)(C)C.